The largest absolute Gasteiger partial charge is 0.302 e. The highest BCUT2D eigenvalue weighted by molar-refractivity contribution is 4.91. The zero-order chi connectivity index (χ0) is 12.6. The molecule has 0 amide bonds. The summed E-state index contributed by atoms with van der Waals surface area (Å²) in [7, 11) is 4.58. The van der Waals surface area contributed by atoms with E-state index in [4.69, 9.17) is 0 Å². The highest BCUT2D eigenvalue weighted by Crippen LogP contribution is 2.27. The van der Waals surface area contributed by atoms with Crippen LogP contribution in [0.1, 0.15) is 53.4 Å². The second kappa shape index (κ2) is 9.00. The minimum Gasteiger partial charge on any atom is -0.302 e. The van der Waals surface area contributed by atoms with Crippen molar-refractivity contribution in [1.29, 1.82) is 0 Å². The van der Waals surface area contributed by atoms with Gasteiger partial charge in [-0.25, -0.2) is 0 Å². The lowest BCUT2D eigenvalue weighted by molar-refractivity contribution is 0.0352. The van der Waals surface area contributed by atoms with Crippen LogP contribution < -0.4 is 0 Å². The van der Waals surface area contributed by atoms with Gasteiger partial charge in [-0.1, -0.05) is 27.7 Å². The van der Waals surface area contributed by atoms with Crippen LogP contribution in [0, 0.1) is 0 Å². The molecule has 0 saturated carbocycles. The molecule has 0 aliphatic carbocycles. The maximum atomic E-state index is 2.56. The summed E-state index contributed by atoms with van der Waals surface area (Å²) in [4.78, 5) is 5.12. The molecule has 2 heterocycles. The van der Waals surface area contributed by atoms with Crippen LogP contribution in [0.25, 0.3) is 0 Å². The number of piperidine rings is 2. The van der Waals surface area contributed by atoms with Crippen LogP contribution in [0.2, 0.25) is 0 Å². The Labute approximate surface area is 103 Å². The summed E-state index contributed by atoms with van der Waals surface area (Å²) >= 11 is 0. The first-order valence-corrected chi connectivity index (χ1v) is 7.19. The number of likely N-dealkylation sites (N-methyl/N-ethyl adjacent to an activating group) is 2. The number of nitrogens with zero attached hydrogens (tertiary/aromatic N) is 2. The van der Waals surface area contributed by atoms with Crippen molar-refractivity contribution in [3.63, 3.8) is 0 Å². The van der Waals surface area contributed by atoms with Crippen molar-refractivity contribution in [3.8, 4) is 0 Å². The topological polar surface area (TPSA) is 6.48 Å². The average Bonchev–Trinajstić information content (AvgIpc) is 2.36. The van der Waals surface area contributed by atoms with Gasteiger partial charge in [-0.15, -0.1) is 0 Å². The average molecular weight is 228 g/mol. The zero-order valence-corrected chi connectivity index (χ0v) is 12.3. The van der Waals surface area contributed by atoms with Gasteiger partial charge in [-0.05, 0) is 52.9 Å². The highest BCUT2D eigenvalue weighted by Gasteiger charge is 2.33. The molecule has 0 aromatic heterocycles. The standard InChI is InChI=1S/C10H20N2.2C2H6/c1-11-7-3-6-10-9(11)5-4-8-12(10)2;2*1-2/h9-10H,3-8H2,1-2H3;2*1-2H3. The van der Waals surface area contributed by atoms with E-state index in [2.05, 4.69) is 23.9 Å². The first-order chi connectivity index (χ1) is 7.79. The summed E-state index contributed by atoms with van der Waals surface area (Å²) in [6.07, 6.45) is 5.63. The van der Waals surface area contributed by atoms with E-state index >= 15 is 0 Å². The van der Waals surface area contributed by atoms with Gasteiger partial charge in [0.15, 0.2) is 0 Å². The fourth-order valence-corrected chi connectivity index (χ4v) is 2.84. The molecule has 0 bridgehead atoms. The van der Waals surface area contributed by atoms with E-state index in [1.165, 1.54) is 38.8 Å². The fraction of sp³-hybridized carbons (Fsp3) is 1.00. The smallest absolute Gasteiger partial charge is 0.0248 e. The Morgan fingerprint density at radius 3 is 1.31 bits per heavy atom. The van der Waals surface area contributed by atoms with E-state index in [0.717, 1.165) is 12.1 Å². The Morgan fingerprint density at radius 1 is 0.688 bits per heavy atom. The molecule has 2 heteroatoms. The molecule has 0 aromatic carbocycles. The van der Waals surface area contributed by atoms with Crippen molar-refractivity contribution >= 4 is 0 Å². The van der Waals surface area contributed by atoms with Crippen LogP contribution >= 0.6 is 0 Å². The summed E-state index contributed by atoms with van der Waals surface area (Å²) in [6.45, 7) is 10.6. The summed E-state index contributed by atoms with van der Waals surface area (Å²) in [6, 6.07) is 1.72. The maximum absolute atomic E-state index is 2.56. The number of hydrogen-bond acceptors (Lipinski definition) is 2. The molecule has 2 rings (SSSR count). The van der Waals surface area contributed by atoms with E-state index in [1.54, 1.807) is 0 Å². The van der Waals surface area contributed by atoms with Gasteiger partial charge >= 0.3 is 0 Å². The lowest BCUT2D eigenvalue weighted by Crippen LogP contribution is -2.55. The summed E-state index contributed by atoms with van der Waals surface area (Å²) in [5.41, 5.74) is 0. The van der Waals surface area contributed by atoms with Crippen LogP contribution in [0.15, 0.2) is 0 Å². The van der Waals surface area contributed by atoms with Crippen LogP contribution in [-0.4, -0.2) is 49.1 Å². The molecule has 2 unspecified atom stereocenters. The van der Waals surface area contributed by atoms with E-state index in [-0.39, 0.29) is 0 Å². The lowest BCUT2D eigenvalue weighted by atomic mass is 9.89. The predicted molar refractivity (Wildman–Crippen MR) is 74.0 cm³/mol. The molecule has 0 N–H and O–H groups in total. The first-order valence-electron chi connectivity index (χ1n) is 7.19. The molecule has 2 aliphatic rings. The second-order valence-electron chi connectivity index (χ2n) is 4.38. The van der Waals surface area contributed by atoms with Crippen molar-refractivity contribution in [2.45, 2.75) is 65.5 Å². The Kier molecular flexibility index (Phi) is 8.96. The van der Waals surface area contributed by atoms with E-state index < -0.39 is 0 Å². The Morgan fingerprint density at radius 2 is 1.00 bits per heavy atom. The van der Waals surface area contributed by atoms with Gasteiger partial charge in [0.05, 0.1) is 0 Å². The quantitative estimate of drug-likeness (QED) is 0.628. The van der Waals surface area contributed by atoms with E-state index in [0.29, 0.717) is 0 Å². The molecule has 0 radical (unpaired) electrons. The number of rotatable bonds is 0. The molecule has 0 spiro atoms. The molecular weight excluding hydrogens is 196 g/mol. The molecule has 98 valence electrons. The van der Waals surface area contributed by atoms with Crippen LogP contribution in [0.4, 0.5) is 0 Å². The SMILES string of the molecule is CC.CC.CN1CCCC2C1CCCN2C. The Balaban J connectivity index is 0.000000509. The summed E-state index contributed by atoms with van der Waals surface area (Å²) in [5.74, 6) is 0. The summed E-state index contributed by atoms with van der Waals surface area (Å²) < 4.78 is 0. The molecule has 2 fully saturated rings. The van der Waals surface area contributed by atoms with Crippen molar-refractivity contribution in [2.24, 2.45) is 0 Å². The number of likely N-dealkylation sites (tertiary alicyclic amines) is 2. The predicted octanol–water partition coefficient (Wildman–Crippen LogP) is 3.23. The third-order valence-electron chi connectivity index (χ3n) is 3.60. The number of hydrogen-bond donors (Lipinski definition) is 0. The van der Waals surface area contributed by atoms with E-state index in [9.17, 15) is 0 Å². The van der Waals surface area contributed by atoms with Gasteiger partial charge in [-0.3, -0.25) is 0 Å². The fourth-order valence-electron chi connectivity index (χ4n) is 2.84. The molecular formula is C14H32N2. The number of fused-ring (bicyclic) bond motifs is 1. The zero-order valence-electron chi connectivity index (χ0n) is 12.3. The van der Waals surface area contributed by atoms with Gasteiger partial charge < -0.3 is 9.80 Å². The molecule has 0 aromatic rings. The minimum absolute atomic E-state index is 0.859. The van der Waals surface area contributed by atoms with Gasteiger partial charge in [-0.2, -0.15) is 0 Å². The highest BCUT2D eigenvalue weighted by atomic mass is 15.2. The minimum atomic E-state index is 0.859. The normalized spacial score (nSPS) is 30.4. The third kappa shape index (κ3) is 4.06. The van der Waals surface area contributed by atoms with Crippen LogP contribution in [0.5, 0.6) is 0 Å². The first kappa shape index (κ1) is 15.9. The second-order valence-corrected chi connectivity index (χ2v) is 4.38. The molecule has 16 heavy (non-hydrogen) atoms. The van der Waals surface area contributed by atoms with Crippen molar-refractivity contribution in [2.75, 3.05) is 27.2 Å². The van der Waals surface area contributed by atoms with Crippen LogP contribution in [0.3, 0.4) is 0 Å². The van der Waals surface area contributed by atoms with Gasteiger partial charge in [0.1, 0.15) is 0 Å². The van der Waals surface area contributed by atoms with Crippen molar-refractivity contribution < 1.29 is 0 Å². The lowest BCUT2D eigenvalue weighted by Gasteiger charge is -2.47. The summed E-state index contributed by atoms with van der Waals surface area (Å²) in [5, 5.41) is 0. The van der Waals surface area contributed by atoms with Gasteiger partial charge in [0, 0.05) is 12.1 Å². The third-order valence-corrected chi connectivity index (χ3v) is 3.60. The molecule has 2 nitrogen and oxygen atoms in total. The monoisotopic (exact) mass is 228 g/mol. The molecule has 2 aliphatic heterocycles. The van der Waals surface area contributed by atoms with Gasteiger partial charge in [0.2, 0.25) is 0 Å². The Bertz CT molecular complexity index is 141. The van der Waals surface area contributed by atoms with Crippen molar-refractivity contribution in [3.05, 3.63) is 0 Å². The molecule has 2 saturated heterocycles. The maximum Gasteiger partial charge on any atom is 0.0248 e. The van der Waals surface area contributed by atoms with Crippen LogP contribution in [-0.2, 0) is 0 Å². The van der Waals surface area contributed by atoms with Gasteiger partial charge in [0.25, 0.3) is 0 Å². The van der Waals surface area contributed by atoms with E-state index in [1.807, 2.05) is 27.7 Å². The van der Waals surface area contributed by atoms with Crippen molar-refractivity contribution in [1.82, 2.24) is 9.80 Å². The Hall–Kier alpha value is -0.0800. The molecule has 2 atom stereocenters.